The third-order valence-corrected chi connectivity index (χ3v) is 8.98. The fourth-order valence-electron chi connectivity index (χ4n) is 7.62. The van der Waals surface area contributed by atoms with E-state index < -0.39 is 0 Å². The van der Waals surface area contributed by atoms with E-state index in [1.54, 1.807) is 0 Å². The Bertz CT molecular complexity index is 688. The molecule has 0 aromatic rings. The molecule has 28 heavy (non-hydrogen) atoms. The molecule has 0 spiro atoms. The fourth-order valence-corrected chi connectivity index (χ4v) is 7.62. The highest BCUT2D eigenvalue weighted by Crippen LogP contribution is 2.65. The van der Waals surface area contributed by atoms with Gasteiger partial charge in [-0.3, -0.25) is 4.79 Å². The molecular formula is C23H35NO4. The number of hydrogen-bond acceptors (Lipinski definition) is 5. The molecule has 0 radical (unpaired) electrons. The number of ether oxygens (including phenoxy) is 1. The Balaban J connectivity index is 1.52. The van der Waals surface area contributed by atoms with E-state index >= 15 is 0 Å². The van der Waals surface area contributed by atoms with Gasteiger partial charge in [0.2, 0.25) is 0 Å². The highest BCUT2D eigenvalue weighted by molar-refractivity contribution is 5.92. The molecule has 4 aliphatic rings. The summed E-state index contributed by atoms with van der Waals surface area (Å²) in [5.74, 6) is 2.37. The Morgan fingerprint density at radius 1 is 0.964 bits per heavy atom. The molecule has 0 saturated heterocycles. The van der Waals surface area contributed by atoms with E-state index in [-0.39, 0.29) is 23.5 Å². The van der Waals surface area contributed by atoms with E-state index in [9.17, 15) is 9.59 Å². The van der Waals surface area contributed by atoms with E-state index in [1.165, 1.54) is 46.0 Å². The molecule has 4 aliphatic carbocycles. The van der Waals surface area contributed by atoms with Gasteiger partial charge in [-0.15, -0.1) is 0 Å². The summed E-state index contributed by atoms with van der Waals surface area (Å²) in [5.41, 5.74) is 1.57. The van der Waals surface area contributed by atoms with Crippen molar-refractivity contribution in [1.82, 2.24) is 0 Å². The maximum atomic E-state index is 11.4. The number of carbonyl (C=O) groups is 2. The summed E-state index contributed by atoms with van der Waals surface area (Å²) in [7, 11) is 0. The molecule has 0 aromatic heterocycles. The lowest BCUT2D eigenvalue weighted by molar-refractivity contribution is -0.158. The molecule has 5 nitrogen and oxygen atoms in total. The van der Waals surface area contributed by atoms with Crippen LogP contribution in [0.4, 0.5) is 0 Å². The predicted molar refractivity (Wildman–Crippen MR) is 106 cm³/mol. The molecule has 0 N–H and O–H groups in total. The predicted octanol–water partition coefficient (Wildman–Crippen LogP) is 4.88. The lowest BCUT2D eigenvalue weighted by atomic mass is 9.45. The van der Waals surface area contributed by atoms with E-state index in [0.717, 1.165) is 43.2 Å². The van der Waals surface area contributed by atoms with Gasteiger partial charge in [0.1, 0.15) is 6.10 Å². The van der Waals surface area contributed by atoms with Crippen molar-refractivity contribution in [2.75, 3.05) is 0 Å². The third-order valence-electron chi connectivity index (χ3n) is 8.98. The van der Waals surface area contributed by atoms with Crippen LogP contribution in [-0.2, 0) is 19.2 Å². The first-order valence-corrected chi connectivity index (χ1v) is 11.2. The number of esters is 1. The Morgan fingerprint density at radius 2 is 1.75 bits per heavy atom. The number of oxime groups is 1. The molecule has 4 fully saturated rings. The lowest BCUT2D eigenvalue weighted by Crippen LogP contribution is -2.54. The molecule has 0 bridgehead atoms. The van der Waals surface area contributed by atoms with Gasteiger partial charge in [-0.25, -0.2) is 4.79 Å². The number of rotatable bonds is 2. The molecule has 0 heterocycles. The van der Waals surface area contributed by atoms with Crippen molar-refractivity contribution >= 4 is 17.7 Å². The van der Waals surface area contributed by atoms with Gasteiger partial charge in [0, 0.05) is 19.3 Å². The molecule has 0 aromatic carbocycles. The minimum absolute atomic E-state index is 0.0920. The summed E-state index contributed by atoms with van der Waals surface area (Å²) >= 11 is 0. The minimum atomic E-state index is -0.328. The number of fused-ring (bicyclic) bond motifs is 5. The van der Waals surface area contributed by atoms with E-state index in [1.807, 2.05) is 0 Å². The van der Waals surface area contributed by atoms with E-state index in [4.69, 9.17) is 9.57 Å². The average molecular weight is 390 g/mol. The second-order valence-electron chi connectivity index (χ2n) is 10.3. The summed E-state index contributed by atoms with van der Waals surface area (Å²) in [6.07, 6.45) is 10.4. The standard InChI is InChI=1S/C23H35NO4/c1-14(25)27-17-9-11-22(3)16(13-17)5-6-18-19-7-8-21(24-28-15(2)26)23(19,4)12-10-20(18)22/h16-20H,5-13H2,1-4H3/b24-21+/t16-,17-,18-,19+,20-,22-,23-/m0/s1. The molecule has 7 atom stereocenters. The van der Waals surface area contributed by atoms with Gasteiger partial charge in [0.05, 0.1) is 5.71 Å². The van der Waals surface area contributed by atoms with Crippen LogP contribution < -0.4 is 0 Å². The van der Waals surface area contributed by atoms with Crippen molar-refractivity contribution in [3.63, 3.8) is 0 Å². The molecular weight excluding hydrogens is 354 g/mol. The fraction of sp³-hybridized carbons (Fsp3) is 0.870. The first-order chi connectivity index (χ1) is 13.2. The molecule has 0 aliphatic heterocycles. The van der Waals surface area contributed by atoms with Crippen molar-refractivity contribution in [2.24, 2.45) is 39.7 Å². The zero-order valence-electron chi connectivity index (χ0n) is 17.8. The monoisotopic (exact) mass is 389 g/mol. The highest BCUT2D eigenvalue weighted by atomic mass is 16.7. The van der Waals surface area contributed by atoms with Crippen LogP contribution in [0.1, 0.15) is 85.5 Å². The topological polar surface area (TPSA) is 65.0 Å². The van der Waals surface area contributed by atoms with Crippen LogP contribution in [0.5, 0.6) is 0 Å². The van der Waals surface area contributed by atoms with Gasteiger partial charge < -0.3 is 9.57 Å². The first kappa shape index (κ1) is 19.9. The van der Waals surface area contributed by atoms with Gasteiger partial charge >= 0.3 is 11.9 Å². The summed E-state index contributed by atoms with van der Waals surface area (Å²) in [6.45, 7) is 7.82. The Hall–Kier alpha value is -1.39. The quantitative estimate of drug-likeness (QED) is 0.383. The zero-order chi connectivity index (χ0) is 20.1. The maximum Gasteiger partial charge on any atom is 0.331 e. The largest absolute Gasteiger partial charge is 0.463 e. The van der Waals surface area contributed by atoms with Crippen molar-refractivity contribution in [1.29, 1.82) is 0 Å². The SMILES string of the molecule is CC(=O)O/N=C1\CC[C@@H]2[C@@H]3CC[C@H]4C[C@@H](OC(C)=O)CC[C@]4(C)[C@H]3CC[C@]12C. The van der Waals surface area contributed by atoms with Gasteiger partial charge in [0.25, 0.3) is 0 Å². The smallest absolute Gasteiger partial charge is 0.331 e. The summed E-state index contributed by atoms with van der Waals surface area (Å²) in [4.78, 5) is 27.7. The molecule has 0 amide bonds. The van der Waals surface area contributed by atoms with Crippen LogP contribution in [0.25, 0.3) is 0 Å². The van der Waals surface area contributed by atoms with Crippen LogP contribution >= 0.6 is 0 Å². The molecule has 4 saturated carbocycles. The number of nitrogens with zero attached hydrogens (tertiary/aromatic N) is 1. The number of hydrogen-bond donors (Lipinski definition) is 0. The van der Waals surface area contributed by atoms with Crippen LogP contribution in [-0.4, -0.2) is 23.8 Å². The molecule has 156 valence electrons. The van der Waals surface area contributed by atoms with Gasteiger partial charge in [-0.05, 0) is 86.9 Å². The van der Waals surface area contributed by atoms with Crippen LogP contribution in [0.2, 0.25) is 0 Å². The highest BCUT2D eigenvalue weighted by Gasteiger charge is 2.59. The average Bonchev–Trinajstić information content (AvgIpc) is 2.96. The molecule has 0 unspecified atom stereocenters. The molecule has 5 heteroatoms. The summed E-state index contributed by atoms with van der Waals surface area (Å²) < 4.78 is 5.57. The van der Waals surface area contributed by atoms with Gasteiger partial charge in [-0.1, -0.05) is 19.0 Å². The van der Waals surface area contributed by atoms with Gasteiger partial charge in [-0.2, -0.15) is 0 Å². The summed E-state index contributed by atoms with van der Waals surface area (Å²) in [5, 5.41) is 4.27. The Morgan fingerprint density at radius 3 is 2.46 bits per heavy atom. The van der Waals surface area contributed by atoms with Crippen molar-refractivity contribution in [2.45, 2.75) is 91.6 Å². The number of carbonyl (C=O) groups excluding carboxylic acids is 2. The van der Waals surface area contributed by atoms with Crippen LogP contribution in [0.3, 0.4) is 0 Å². The Labute approximate surface area is 168 Å². The Kier molecular flexibility index (Phi) is 5.08. The molecule has 4 rings (SSSR count). The van der Waals surface area contributed by atoms with E-state index in [0.29, 0.717) is 17.3 Å². The van der Waals surface area contributed by atoms with Crippen LogP contribution in [0, 0.1) is 34.5 Å². The normalized spacial score (nSPS) is 46.3. The van der Waals surface area contributed by atoms with Crippen molar-refractivity contribution in [3.8, 4) is 0 Å². The lowest BCUT2D eigenvalue weighted by Gasteiger charge is -2.60. The second kappa shape index (κ2) is 7.14. The second-order valence-corrected chi connectivity index (χ2v) is 10.3. The zero-order valence-corrected chi connectivity index (χ0v) is 17.8. The maximum absolute atomic E-state index is 11.4. The van der Waals surface area contributed by atoms with Crippen LogP contribution in [0.15, 0.2) is 5.16 Å². The van der Waals surface area contributed by atoms with Gasteiger partial charge in [0.15, 0.2) is 0 Å². The van der Waals surface area contributed by atoms with Crippen molar-refractivity contribution < 1.29 is 19.2 Å². The van der Waals surface area contributed by atoms with E-state index in [2.05, 4.69) is 19.0 Å². The first-order valence-electron chi connectivity index (χ1n) is 11.2. The van der Waals surface area contributed by atoms with Crippen molar-refractivity contribution in [3.05, 3.63) is 0 Å². The third kappa shape index (κ3) is 3.19. The summed E-state index contributed by atoms with van der Waals surface area (Å²) in [6, 6.07) is 0. The minimum Gasteiger partial charge on any atom is -0.463 e.